The molecule has 124 valence electrons. The van der Waals surface area contributed by atoms with Crippen molar-refractivity contribution in [3.05, 3.63) is 88.2 Å². The number of rotatable bonds is 3. The van der Waals surface area contributed by atoms with E-state index >= 15 is 0 Å². The highest BCUT2D eigenvalue weighted by molar-refractivity contribution is 6.30. The molecule has 0 fully saturated rings. The van der Waals surface area contributed by atoms with E-state index in [4.69, 9.17) is 11.6 Å². The van der Waals surface area contributed by atoms with Crippen molar-refractivity contribution in [1.82, 2.24) is 9.78 Å². The molecule has 0 unspecified atom stereocenters. The lowest BCUT2D eigenvalue weighted by molar-refractivity contribution is 0.0928. The average molecular weight is 349 g/mol. The predicted molar refractivity (Wildman–Crippen MR) is 99.8 cm³/mol. The minimum absolute atomic E-state index is 0.0252. The fourth-order valence-electron chi connectivity index (χ4n) is 3.28. The van der Waals surface area contributed by atoms with Crippen molar-refractivity contribution in [3.8, 4) is 11.1 Å². The van der Waals surface area contributed by atoms with Gasteiger partial charge in [0, 0.05) is 29.0 Å². The number of aromatic nitrogens is 2. The number of allylic oxidation sites excluding steroid dienone is 2. The Hall–Kier alpha value is -2.65. The van der Waals surface area contributed by atoms with Gasteiger partial charge in [-0.3, -0.25) is 4.79 Å². The van der Waals surface area contributed by atoms with Crippen molar-refractivity contribution in [2.75, 3.05) is 0 Å². The van der Waals surface area contributed by atoms with Crippen LogP contribution in [0.4, 0.5) is 0 Å². The Morgan fingerprint density at radius 3 is 2.52 bits per heavy atom. The lowest BCUT2D eigenvalue weighted by Gasteiger charge is -2.19. The van der Waals surface area contributed by atoms with Gasteiger partial charge in [-0.1, -0.05) is 59.6 Å². The standard InChI is InChI=1S/C21H17ClN2O/c1-14-11-20-19(16-7-9-17(22)10-8-16)13-23-24(20)21(25)18(14)12-15-5-3-2-4-6-15/h2-10,13H,11-12H2,1H3. The molecule has 0 aliphatic carbocycles. The fourth-order valence-corrected chi connectivity index (χ4v) is 3.41. The molecule has 0 saturated carbocycles. The number of hydrogen-bond acceptors (Lipinski definition) is 2. The molecule has 3 nitrogen and oxygen atoms in total. The Morgan fingerprint density at radius 2 is 1.80 bits per heavy atom. The van der Waals surface area contributed by atoms with Gasteiger partial charge in [-0.15, -0.1) is 0 Å². The van der Waals surface area contributed by atoms with Crippen LogP contribution in [0.2, 0.25) is 5.02 Å². The van der Waals surface area contributed by atoms with E-state index < -0.39 is 0 Å². The molecule has 3 aromatic rings. The van der Waals surface area contributed by atoms with Crippen LogP contribution in [-0.2, 0) is 12.8 Å². The van der Waals surface area contributed by atoms with Crippen LogP contribution < -0.4 is 0 Å². The molecule has 0 N–H and O–H groups in total. The summed E-state index contributed by atoms with van der Waals surface area (Å²) >= 11 is 5.98. The van der Waals surface area contributed by atoms with Crippen LogP contribution in [0.25, 0.3) is 11.1 Å². The van der Waals surface area contributed by atoms with Crippen molar-refractivity contribution < 1.29 is 4.79 Å². The van der Waals surface area contributed by atoms with Crippen LogP contribution in [-0.4, -0.2) is 15.7 Å². The van der Waals surface area contributed by atoms with E-state index in [0.29, 0.717) is 11.4 Å². The van der Waals surface area contributed by atoms with Gasteiger partial charge in [0.15, 0.2) is 0 Å². The molecule has 0 bridgehead atoms. The van der Waals surface area contributed by atoms with Crippen molar-refractivity contribution in [2.45, 2.75) is 19.8 Å². The number of carbonyl (C=O) groups is 1. The molecule has 2 aromatic carbocycles. The van der Waals surface area contributed by atoms with Crippen LogP contribution in [0.15, 0.2) is 71.9 Å². The van der Waals surface area contributed by atoms with E-state index in [0.717, 1.165) is 40.0 Å². The topological polar surface area (TPSA) is 34.9 Å². The zero-order valence-corrected chi connectivity index (χ0v) is 14.6. The van der Waals surface area contributed by atoms with Gasteiger partial charge >= 0.3 is 0 Å². The average Bonchev–Trinajstić information content (AvgIpc) is 3.04. The van der Waals surface area contributed by atoms with E-state index in [1.54, 1.807) is 10.9 Å². The quantitative estimate of drug-likeness (QED) is 0.670. The maximum Gasteiger partial charge on any atom is 0.274 e. The largest absolute Gasteiger partial charge is 0.274 e. The molecule has 1 aliphatic heterocycles. The van der Waals surface area contributed by atoms with Gasteiger partial charge in [0.05, 0.1) is 11.9 Å². The Labute approximate surface area is 151 Å². The monoisotopic (exact) mass is 348 g/mol. The Bertz CT molecular complexity index is 969. The summed E-state index contributed by atoms with van der Waals surface area (Å²) < 4.78 is 1.55. The van der Waals surface area contributed by atoms with Gasteiger partial charge in [0.25, 0.3) is 5.91 Å². The Kier molecular flexibility index (Phi) is 4.02. The molecular weight excluding hydrogens is 332 g/mol. The molecule has 25 heavy (non-hydrogen) atoms. The molecule has 0 amide bonds. The number of nitrogens with zero attached hydrogens (tertiary/aromatic N) is 2. The van der Waals surface area contributed by atoms with Crippen LogP contribution >= 0.6 is 11.6 Å². The van der Waals surface area contributed by atoms with Crippen LogP contribution in [0.5, 0.6) is 0 Å². The highest BCUT2D eigenvalue weighted by Gasteiger charge is 2.27. The highest BCUT2D eigenvalue weighted by Crippen LogP contribution is 2.31. The fraction of sp³-hybridized carbons (Fsp3) is 0.143. The molecule has 0 radical (unpaired) electrons. The molecule has 4 rings (SSSR count). The molecule has 0 atom stereocenters. The van der Waals surface area contributed by atoms with Gasteiger partial charge in [0.2, 0.25) is 0 Å². The summed E-state index contributed by atoms with van der Waals surface area (Å²) in [5.74, 6) is -0.0252. The van der Waals surface area contributed by atoms with Crippen molar-refractivity contribution in [2.24, 2.45) is 0 Å². The second kappa shape index (κ2) is 6.34. The van der Waals surface area contributed by atoms with Crippen LogP contribution in [0.1, 0.15) is 23.0 Å². The van der Waals surface area contributed by atoms with E-state index in [1.165, 1.54) is 0 Å². The molecular formula is C21H17ClN2O. The van der Waals surface area contributed by atoms with Crippen molar-refractivity contribution in [3.63, 3.8) is 0 Å². The SMILES string of the molecule is CC1=C(Cc2ccccc2)C(=O)n2ncc(-c3ccc(Cl)cc3)c2C1. The van der Waals surface area contributed by atoms with Gasteiger partial charge in [-0.25, -0.2) is 4.68 Å². The van der Waals surface area contributed by atoms with E-state index in [-0.39, 0.29) is 5.91 Å². The van der Waals surface area contributed by atoms with E-state index in [1.807, 2.05) is 61.5 Å². The van der Waals surface area contributed by atoms with Gasteiger partial charge in [0.1, 0.15) is 0 Å². The maximum absolute atomic E-state index is 13.0. The van der Waals surface area contributed by atoms with Crippen LogP contribution in [0, 0.1) is 0 Å². The third kappa shape index (κ3) is 2.92. The molecule has 0 saturated heterocycles. The normalized spacial score (nSPS) is 13.9. The molecule has 1 aromatic heterocycles. The summed E-state index contributed by atoms with van der Waals surface area (Å²) in [5.41, 5.74) is 6.04. The minimum atomic E-state index is -0.0252. The summed E-state index contributed by atoms with van der Waals surface area (Å²) in [6.45, 7) is 2.04. The first-order valence-electron chi connectivity index (χ1n) is 8.23. The van der Waals surface area contributed by atoms with E-state index in [2.05, 4.69) is 5.10 Å². The van der Waals surface area contributed by atoms with E-state index in [9.17, 15) is 4.79 Å². The van der Waals surface area contributed by atoms with Gasteiger partial charge < -0.3 is 0 Å². The minimum Gasteiger partial charge on any atom is -0.267 e. The zero-order chi connectivity index (χ0) is 17.4. The third-order valence-electron chi connectivity index (χ3n) is 4.65. The first kappa shape index (κ1) is 15.9. The lowest BCUT2D eigenvalue weighted by Crippen LogP contribution is -2.25. The molecule has 2 heterocycles. The number of benzene rings is 2. The second-order valence-corrected chi connectivity index (χ2v) is 6.76. The number of hydrogen-bond donors (Lipinski definition) is 0. The van der Waals surface area contributed by atoms with Crippen molar-refractivity contribution in [1.29, 1.82) is 0 Å². The Balaban J connectivity index is 1.70. The number of halogens is 1. The predicted octanol–water partition coefficient (Wildman–Crippen LogP) is 4.96. The highest BCUT2D eigenvalue weighted by atomic mass is 35.5. The summed E-state index contributed by atoms with van der Waals surface area (Å²) in [5, 5.41) is 5.06. The lowest BCUT2D eigenvalue weighted by atomic mass is 9.92. The molecule has 4 heteroatoms. The zero-order valence-electron chi connectivity index (χ0n) is 13.9. The first-order valence-corrected chi connectivity index (χ1v) is 8.61. The number of carbonyl (C=O) groups excluding carboxylic acids is 1. The maximum atomic E-state index is 13.0. The Morgan fingerprint density at radius 1 is 1.08 bits per heavy atom. The van der Waals surface area contributed by atoms with Crippen molar-refractivity contribution >= 4 is 17.5 Å². The summed E-state index contributed by atoms with van der Waals surface area (Å²) in [6, 6.07) is 17.7. The molecule has 0 spiro atoms. The smallest absolute Gasteiger partial charge is 0.267 e. The number of fused-ring (bicyclic) bond motifs is 1. The van der Waals surface area contributed by atoms with Gasteiger partial charge in [-0.05, 0) is 30.2 Å². The third-order valence-corrected chi connectivity index (χ3v) is 4.90. The first-order chi connectivity index (χ1) is 12.1. The summed E-state index contributed by atoms with van der Waals surface area (Å²) in [4.78, 5) is 13.0. The summed E-state index contributed by atoms with van der Waals surface area (Å²) in [6.07, 6.45) is 3.14. The second-order valence-electron chi connectivity index (χ2n) is 6.33. The van der Waals surface area contributed by atoms with Crippen LogP contribution in [0.3, 0.4) is 0 Å². The molecule has 1 aliphatic rings. The summed E-state index contributed by atoms with van der Waals surface area (Å²) in [7, 11) is 0. The van der Waals surface area contributed by atoms with Gasteiger partial charge in [-0.2, -0.15) is 5.10 Å².